The van der Waals surface area contributed by atoms with Gasteiger partial charge in [-0.3, -0.25) is 4.68 Å². The first-order valence-electron chi connectivity index (χ1n) is 6.51. The minimum absolute atomic E-state index is 0.203. The van der Waals surface area contributed by atoms with Gasteiger partial charge in [0.05, 0.1) is 27.4 Å². The van der Waals surface area contributed by atoms with Crippen LogP contribution in [-0.2, 0) is 7.05 Å². The fourth-order valence-corrected chi connectivity index (χ4v) is 2.87. The number of nitrogens with zero attached hydrogens (tertiary/aromatic N) is 2. The Morgan fingerprint density at radius 3 is 2.67 bits per heavy atom. The van der Waals surface area contributed by atoms with Crippen molar-refractivity contribution < 1.29 is 8.78 Å². The Balaban J connectivity index is 2.53. The van der Waals surface area contributed by atoms with Gasteiger partial charge < -0.3 is 5.32 Å². The monoisotopic (exact) mass is 377 g/mol. The molecule has 2 rings (SSSR count). The normalized spacial score (nSPS) is 12.7. The van der Waals surface area contributed by atoms with Crippen LogP contribution in [0.5, 0.6) is 0 Å². The Morgan fingerprint density at radius 1 is 1.38 bits per heavy atom. The van der Waals surface area contributed by atoms with Crippen molar-refractivity contribution in [2.45, 2.75) is 19.4 Å². The van der Waals surface area contributed by atoms with Gasteiger partial charge in [-0.05, 0) is 41.0 Å². The van der Waals surface area contributed by atoms with Gasteiger partial charge in [-0.1, -0.05) is 18.5 Å². The predicted octanol–water partition coefficient (Wildman–Crippen LogP) is 4.20. The summed E-state index contributed by atoms with van der Waals surface area (Å²) < 4.78 is 30.3. The molecule has 0 aliphatic carbocycles. The van der Waals surface area contributed by atoms with E-state index in [1.54, 1.807) is 17.9 Å². The van der Waals surface area contributed by atoms with Gasteiger partial charge >= 0.3 is 0 Å². The van der Waals surface area contributed by atoms with Crippen LogP contribution in [0.1, 0.15) is 30.6 Å². The molecule has 1 aromatic carbocycles. The SMILES string of the molecule is CCCNC(c1cc(F)c(Cl)cc1F)c1c(Br)cnn1C. The number of benzene rings is 1. The molecule has 0 amide bonds. The van der Waals surface area contributed by atoms with E-state index in [1.165, 1.54) is 0 Å². The fraction of sp³-hybridized carbons (Fsp3) is 0.357. The average molecular weight is 379 g/mol. The van der Waals surface area contributed by atoms with Crippen molar-refractivity contribution in [3.05, 3.63) is 50.7 Å². The molecule has 2 aromatic rings. The highest BCUT2D eigenvalue weighted by Gasteiger charge is 2.24. The highest BCUT2D eigenvalue weighted by molar-refractivity contribution is 9.10. The minimum atomic E-state index is -0.644. The summed E-state index contributed by atoms with van der Waals surface area (Å²) in [5.41, 5.74) is 0.929. The van der Waals surface area contributed by atoms with E-state index < -0.39 is 17.7 Å². The van der Waals surface area contributed by atoms with E-state index in [1.807, 2.05) is 6.92 Å². The van der Waals surface area contributed by atoms with E-state index >= 15 is 0 Å². The quantitative estimate of drug-likeness (QED) is 0.790. The molecule has 0 radical (unpaired) electrons. The highest BCUT2D eigenvalue weighted by Crippen LogP contribution is 2.31. The predicted molar refractivity (Wildman–Crippen MR) is 82.4 cm³/mol. The molecule has 0 aliphatic rings. The van der Waals surface area contributed by atoms with Crippen molar-refractivity contribution in [1.82, 2.24) is 15.1 Å². The number of halogens is 4. The van der Waals surface area contributed by atoms with Crippen molar-refractivity contribution in [3.63, 3.8) is 0 Å². The zero-order chi connectivity index (χ0) is 15.6. The average Bonchev–Trinajstić information content (AvgIpc) is 2.76. The number of aryl methyl sites for hydroxylation is 1. The van der Waals surface area contributed by atoms with E-state index in [9.17, 15) is 8.78 Å². The first-order chi connectivity index (χ1) is 9.95. The Morgan fingerprint density at radius 2 is 2.10 bits per heavy atom. The molecular formula is C14H15BrClF2N3. The van der Waals surface area contributed by atoms with Crippen molar-refractivity contribution in [3.8, 4) is 0 Å². The summed E-state index contributed by atoms with van der Waals surface area (Å²) in [5.74, 6) is -1.20. The Hall–Kier alpha value is -0.980. The third-order valence-electron chi connectivity index (χ3n) is 3.16. The van der Waals surface area contributed by atoms with Crippen LogP contribution < -0.4 is 5.32 Å². The molecule has 114 valence electrons. The van der Waals surface area contributed by atoms with E-state index in [0.29, 0.717) is 6.54 Å². The van der Waals surface area contributed by atoms with Crippen LogP contribution in [0, 0.1) is 11.6 Å². The lowest BCUT2D eigenvalue weighted by Crippen LogP contribution is -2.26. The second-order valence-corrected chi connectivity index (χ2v) is 5.94. The standard InChI is InChI=1S/C14H15BrClF2N3/c1-3-4-19-13(14-9(15)7-20-21(14)2)8-5-12(18)10(16)6-11(8)17/h5-7,13,19H,3-4H2,1-2H3. The summed E-state index contributed by atoms with van der Waals surface area (Å²) in [5, 5.41) is 7.12. The summed E-state index contributed by atoms with van der Waals surface area (Å²) in [6.07, 6.45) is 2.49. The van der Waals surface area contributed by atoms with Crippen LogP contribution in [0.15, 0.2) is 22.8 Å². The maximum atomic E-state index is 14.2. The molecule has 0 saturated carbocycles. The summed E-state index contributed by atoms with van der Waals surface area (Å²) in [4.78, 5) is 0. The second-order valence-electron chi connectivity index (χ2n) is 4.68. The number of hydrogen-bond donors (Lipinski definition) is 1. The molecule has 1 N–H and O–H groups in total. The molecule has 0 bridgehead atoms. The molecular weight excluding hydrogens is 364 g/mol. The fourth-order valence-electron chi connectivity index (χ4n) is 2.15. The molecule has 0 aliphatic heterocycles. The molecule has 1 heterocycles. The molecule has 0 saturated heterocycles. The van der Waals surface area contributed by atoms with Gasteiger partial charge in [0.15, 0.2) is 0 Å². The van der Waals surface area contributed by atoms with Crippen LogP contribution in [0.3, 0.4) is 0 Å². The topological polar surface area (TPSA) is 29.9 Å². The minimum Gasteiger partial charge on any atom is -0.305 e. The zero-order valence-corrected chi connectivity index (χ0v) is 14.0. The number of hydrogen-bond acceptors (Lipinski definition) is 2. The van der Waals surface area contributed by atoms with Crippen LogP contribution in [-0.4, -0.2) is 16.3 Å². The van der Waals surface area contributed by atoms with Crippen LogP contribution in [0.25, 0.3) is 0 Å². The van der Waals surface area contributed by atoms with Gasteiger partial charge in [-0.15, -0.1) is 0 Å². The van der Waals surface area contributed by atoms with E-state index in [-0.39, 0.29) is 10.6 Å². The van der Waals surface area contributed by atoms with E-state index in [4.69, 9.17) is 11.6 Å². The number of aromatic nitrogens is 2. The lowest BCUT2D eigenvalue weighted by atomic mass is 10.0. The van der Waals surface area contributed by atoms with Gasteiger partial charge in [-0.2, -0.15) is 5.10 Å². The van der Waals surface area contributed by atoms with Gasteiger partial charge in [0.1, 0.15) is 11.6 Å². The molecule has 1 aromatic heterocycles. The van der Waals surface area contributed by atoms with Gasteiger partial charge in [0, 0.05) is 12.6 Å². The van der Waals surface area contributed by atoms with Crippen molar-refractivity contribution in [2.75, 3.05) is 6.54 Å². The summed E-state index contributed by atoms with van der Waals surface area (Å²) >= 11 is 9.02. The first kappa shape index (κ1) is 16.4. The van der Waals surface area contributed by atoms with Crippen LogP contribution >= 0.6 is 27.5 Å². The Kier molecular flexibility index (Phi) is 5.35. The summed E-state index contributed by atoms with van der Waals surface area (Å²) in [6, 6.07) is 1.61. The smallest absolute Gasteiger partial charge is 0.142 e. The largest absolute Gasteiger partial charge is 0.305 e. The molecule has 0 spiro atoms. The van der Waals surface area contributed by atoms with E-state index in [2.05, 4.69) is 26.3 Å². The van der Waals surface area contributed by atoms with Crippen molar-refractivity contribution >= 4 is 27.5 Å². The lowest BCUT2D eigenvalue weighted by Gasteiger charge is -2.21. The van der Waals surface area contributed by atoms with E-state index in [0.717, 1.165) is 28.7 Å². The molecule has 21 heavy (non-hydrogen) atoms. The number of rotatable bonds is 5. The van der Waals surface area contributed by atoms with Gasteiger partial charge in [0.2, 0.25) is 0 Å². The maximum absolute atomic E-state index is 14.2. The second kappa shape index (κ2) is 6.85. The maximum Gasteiger partial charge on any atom is 0.142 e. The zero-order valence-electron chi connectivity index (χ0n) is 11.6. The van der Waals surface area contributed by atoms with Gasteiger partial charge in [-0.25, -0.2) is 8.78 Å². The molecule has 3 nitrogen and oxygen atoms in total. The Labute approximate surface area is 135 Å². The molecule has 0 fully saturated rings. The first-order valence-corrected chi connectivity index (χ1v) is 7.68. The van der Waals surface area contributed by atoms with Crippen molar-refractivity contribution in [2.24, 2.45) is 7.05 Å². The highest BCUT2D eigenvalue weighted by atomic mass is 79.9. The van der Waals surface area contributed by atoms with Crippen LogP contribution in [0.2, 0.25) is 5.02 Å². The molecule has 1 atom stereocenters. The summed E-state index contributed by atoms with van der Waals surface area (Å²) in [6.45, 7) is 2.66. The molecule has 1 unspecified atom stereocenters. The third kappa shape index (κ3) is 3.44. The summed E-state index contributed by atoms with van der Waals surface area (Å²) in [7, 11) is 1.75. The van der Waals surface area contributed by atoms with Crippen LogP contribution in [0.4, 0.5) is 8.78 Å². The van der Waals surface area contributed by atoms with Crippen molar-refractivity contribution in [1.29, 1.82) is 0 Å². The third-order valence-corrected chi connectivity index (χ3v) is 4.06. The Bertz CT molecular complexity index is 626. The molecule has 7 heteroatoms. The van der Waals surface area contributed by atoms with Gasteiger partial charge in [0.25, 0.3) is 0 Å². The number of nitrogens with one attached hydrogen (secondary N) is 1. The lowest BCUT2D eigenvalue weighted by molar-refractivity contribution is 0.511.